The van der Waals surface area contributed by atoms with Crippen molar-refractivity contribution in [1.82, 2.24) is 4.40 Å². The van der Waals surface area contributed by atoms with Crippen molar-refractivity contribution in [3.63, 3.8) is 0 Å². The molecule has 0 radical (unpaired) electrons. The predicted octanol–water partition coefficient (Wildman–Crippen LogP) is 3.85. The molecule has 0 atom stereocenters. The molecule has 3 rings (SSSR count). The number of carbonyl (C=O) groups is 1. The highest BCUT2D eigenvalue weighted by Crippen LogP contribution is 2.35. The fourth-order valence-corrected chi connectivity index (χ4v) is 7.52. The molecule has 8 heteroatoms. The molecule has 0 unspecified atom stereocenters. The molecular weight excluding hydrogens is 422 g/mol. The molecule has 0 fully saturated rings. The summed E-state index contributed by atoms with van der Waals surface area (Å²) in [5, 5.41) is 0. The number of sulfone groups is 2. The van der Waals surface area contributed by atoms with Crippen LogP contribution in [0.5, 0.6) is 0 Å². The van der Waals surface area contributed by atoms with Gasteiger partial charge in [0.05, 0.1) is 17.0 Å². The number of nitrogens with zero attached hydrogens (tertiary/aromatic N) is 1. The summed E-state index contributed by atoms with van der Waals surface area (Å²) < 4.78 is 54.2. The maximum Gasteiger partial charge on any atom is 0.211 e. The molecule has 1 aromatic carbocycles. The molecule has 0 spiro atoms. The molecule has 0 aliphatic rings. The molecule has 2 heterocycles. The zero-order valence-electron chi connectivity index (χ0n) is 17.3. The van der Waals surface area contributed by atoms with Crippen LogP contribution in [0, 0.1) is 6.92 Å². The van der Waals surface area contributed by atoms with E-state index in [4.69, 9.17) is 0 Å². The molecule has 3 aromatic rings. The Morgan fingerprint density at radius 3 is 1.97 bits per heavy atom. The lowest BCUT2D eigenvalue weighted by Crippen LogP contribution is -2.17. The van der Waals surface area contributed by atoms with Crippen LogP contribution in [-0.4, -0.2) is 38.5 Å². The number of ketones is 1. The van der Waals surface area contributed by atoms with Crippen molar-refractivity contribution < 1.29 is 21.6 Å². The molecule has 0 aliphatic heterocycles. The molecule has 0 saturated heterocycles. The maximum absolute atomic E-state index is 13.5. The topological polar surface area (TPSA) is 89.8 Å². The van der Waals surface area contributed by atoms with Crippen molar-refractivity contribution >= 4 is 31.0 Å². The zero-order chi connectivity index (χ0) is 22.1. The number of carbonyl (C=O) groups excluding carboxylic acids is 1. The van der Waals surface area contributed by atoms with Crippen LogP contribution in [0.2, 0.25) is 0 Å². The van der Waals surface area contributed by atoms with Gasteiger partial charge in [-0.15, -0.1) is 0 Å². The third kappa shape index (κ3) is 3.94. The van der Waals surface area contributed by atoms with E-state index < -0.39 is 25.5 Å². The van der Waals surface area contributed by atoms with Crippen LogP contribution in [0.1, 0.15) is 48.3 Å². The summed E-state index contributed by atoms with van der Waals surface area (Å²) in [6.45, 7) is 5.30. The van der Waals surface area contributed by atoms with Gasteiger partial charge < -0.3 is 4.40 Å². The summed E-state index contributed by atoms with van der Waals surface area (Å²) in [6.07, 6.45) is 2.17. The molecule has 0 aliphatic carbocycles. The molecule has 0 bridgehead atoms. The first-order valence-electron chi connectivity index (χ1n) is 9.84. The van der Waals surface area contributed by atoms with Gasteiger partial charge in [-0.3, -0.25) is 4.79 Å². The number of aryl methyl sites for hydroxylation is 1. The minimum Gasteiger partial charge on any atom is -0.311 e. The summed E-state index contributed by atoms with van der Waals surface area (Å²) in [5.41, 5.74) is 1.33. The summed E-state index contributed by atoms with van der Waals surface area (Å²) in [7, 11) is -7.94. The molecule has 0 amide bonds. The summed E-state index contributed by atoms with van der Waals surface area (Å²) in [6, 6.07) is 11.6. The third-order valence-corrected chi connectivity index (χ3v) is 8.93. The number of hydrogen-bond donors (Lipinski definition) is 0. The summed E-state index contributed by atoms with van der Waals surface area (Å²) in [4.78, 5) is 12.8. The Morgan fingerprint density at radius 1 is 0.833 bits per heavy atom. The van der Waals surface area contributed by atoms with E-state index in [-0.39, 0.29) is 32.5 Å². The summed E-state index contributed by atoms with van der Waals surface area (Å²) in [5.74, 6) is -0.968. The highest BCUT2D eigenvalue weighted by molar-refractivity contribution is 7.94. The van der Waals surface area contributed by atoms with Gasteiger partial charge in [0, 0.05) is 11.8 Å². The highest BCUT2D eigenvalue weighted by atomic mass is 32.2. The fourth-order valence-electron chi connectivity index (χ4n) is 3.54. The summed E-state index contributed by atoms with van der Waals surface area (Å²) >= 11 is 0. The van der Waals surface area contributed by atoms with Gasteiger partial charge in [0.25, 0.3) is 0 Å². The number of rotatable bonds is 8. The molecule has 6 nitrogen and oxygen atoms in total. The largest absolute Gasteiger partial charge is 0.311 e. The smallest absolute Gasteiger partial charge is 0.211 e. The molecule has 2 aromatic heterocycles. The minimum atomic E-state index is -4.02. The Labute approximate surface area is 177 Å². The van der Waals surface area contributed by atoms with Crippen LogP contribution in [0.4, 0.5) is 0 Å². The van der Waals surface area contributed by atoms with Crippen LogP contribution >= 0.6 is 0 Å². The molecular formula is C22H25NO5S2. The quantitative estimate of drug-likeness (QED) is 0.489. The molecule has 30 heavy (non-hydrogen) atoms. The van der Waals surface area contributed by atoms with Crippen molar-refractivity contribution in [3.05, 3.63) is 65.5 Å². The van der Waals surface area contributed by atoms with E-state index >= 15 is 0 Å². The minimum absolute atomic E-state index is 0.127. The normalized spacial score (nSPS) is 12.4. The number of fused-ring (bicyclic) bond motifs is 1. The Morgan fingerprint density at radius 2 is 1.40 bits per heavy atom. The third-order valence-electron chi connectivity index (χ3n) is 4.85. The van der Waals surface area contributed by atoms with Gasteiger partial charge in [-0.2, -0.15) is 0 Å². The first kappa shape index (κ1) is 22.2. The second kappa shape index (κ2) is 8.35. The lowest BCUT2D eigenvalue weighted by atomic mass is 10.1. The van der Waals surface area contributed by atoms with Gasteiger partial charge in [0.1, 0.15) is 15.5 Å². The van der Waals surface area contributed by atoms with Gasteiger partial charge in [0.15, 0.2) is 19.7 Å². The second-order valence-electron chi connectivity index (χ2n) is 7.30. The highest BCUT2D eigenvalue weighted by Gasteiger charge is 2.36. The lowest BCUT2D eigenvalue weighted by Gasteiger charge is -2.09. The number of pyridine rings is 1. The second-order valence-corrected chi connectivity index (χ2v) is 11.4. The van der Waals surface area contributed by atoms with E-state index in [2.05, 4.69) is 0 Å². The van der Waals surface area contributed by atoms with E-state index in [1.165, 1.54) is 10.6 Å². The molecule has 0 N–H and O–H groups in total. The Balaban J connectivity index is 2.47. The van der Waals surface area contributed by atoms with Crippen LogP contribution in [0.3, 0.4) is 0 Å². The lowest BCUT2D eigenvalue weighted by molar-refractivity contribution is 0.103. The Kier molecular flexibility index (Phi) is 6.19. The average Bonchev–Trinajstić information content (AvgIpc) is 3.05. The average molecular weight is 448 g/mol. The van der Waals surface area contributed by atoms with E-state index in [1.807, 2.05) is 6.92 Å². The SMILES string of the molecule is CCCS(=O)(=O)c1c(S(=O)(=O)CCC)c2ccccn2c1C(=O)c1ccc(C)cc1. The van der Waals surface area contributed by atoms with Crippen LogP contribution in [0.25, 0.3) is 5.52 Å². The van der Waals surface area contributed by atoms with Crippen LogP contribution < -0.4 is 0 Å². The Hall–Kier alpha value is -2.45. The fraction of sp³-hybridized carbons (Fsp3) is 0.318. The van der Waals surface area contributed by atoms with E-state index in [1.54, 1.807) is 56.3 Å². The van der Waals surface area contributed by atoms with Crippen molar-refractivity contribution in [2.24, 2.45) is 0 Å². The molecule has 0 saturated carbocycles. The monoisotopic (exact) mass is 447 g/mol. The van der Waals surface area contributed by atoms with E-state index in [9.17, 15) is 21.6 Å². The van der Waals surface area contributed by atoms with Crippen LogP contribution in [0.15, 0.2) is 58.5 Å². The van der Waals surface area contributed by atoms with E-state index in [0.29, 0.717) is 18.4 Å². The van der Waals surface area contributed by atoms with Gasteiger partial charge in [0.2, 0.25) is 5.78 Å². The molecule has 160 valence electrons. The standard InChI is InChI=1S/C22H25NO5S2/c1-4-14-29(25,26)21-18-8-6-7-13-23(18)19(22(21)30(27,28)15-5-2)20(24)17-11-9-16(3)10-12-17/h6-13H,4-5,14-15H2,1-3H3. The first-order chi connectivity index (χ1) is 14.1. The van der Waals surface area contributed by atoms with Crippen molar-refractivity contribution in [2.75, 3.05) is 11.5 Å². The number of benzene rings is 1. The van der Waals surface area contributed by atoms with Crippen LogP contribution in [-0.2, 0) is 19.7 Å². The maximum atomic E-state index is 13.5. The number of aromatic nitrogens is 1. The van der Waals surface area contributed by atoms with Crippen molar-refractivity contribution in [1.29, 1.82) is 0 Å². The van der Waals surface area contributed by atoms with Gasteiger partial charge in [-0.25, -0.2) is 16.8 Å². The van der Waals surface area contributed by atoms with Gasteiger partial charge in [-0.05, 0) is 31.9 Å². The van der Waals surface area contributed by atoms with Gasteiger partial charge in [-0.1, -0.05) is 49.7 Å². The first-order valence-corrected chi connectivity index (χ1v) is 13.1. The van der Waals surface area contributed by atoms with Gasteiger partial charge >= 0.3 is 0 Å². The Bertz CT molecular complexity index is 1300. The van der Waals surface area contributed by atoms with Crippen molar-refractivity contribution in [2.45, 2.75) is 43.4 Å². The predicted molar refractivity (Wildman–Crippen MR) is 117 cm³/mol. The zero-order valence-corrected chi connectivity index (χ0v) is 18.9. The number of hydrogen-bond acceptors (Lipinski definition) is 5. The van der Waals surface area contributed by atoms with E-state index in [0.717, 1.165) is 5.56 Å². The van der Waals surface area contributed by atoms with Crippen molar-refractivity contribution in [3.8, 4) is 0 Å².